The molecule has 1 aromatic heterocycles. The lowest BCUT2D eigenvalue weighted by atomic mass is 10.1. The second kappa shape index (κ2) is 4.99. The quantitative estimate of drug-likeness (QED) is 0.316. The highest BCUT2D eigenvalue weighted by Crippen LogP contribution is 2.07. The zero-order chi connectivity index (χ0) is 10.4. The van der Waals surface area contributed by atoms with Crippen molar-refractivity contribution in [1.29, 1.82) is 0 Å². The van der Waals surface area contributed by atoms with Gasteiger partial charge in [-0.05, 0) is 24.1 Å². The number of Topliss-reactive ketones (excluding diaryl/α,β-unsaturated/α-hetero) is 1. The van der Waals surface area contributed by atoms with Gasteiger partial charge in [-0.3, -0.25) is 9.78 Å². The fourth-order valence-electron chi connectivity index (χ4n) is 1.08. The van der Waals surface area contributed by atoms with E-state index in [0.717, 1.165) is 0 Å². The van der Waals surface area contributed by atoms with Crippen LogP contribution in [-0.4, -0.2) is 16.8 Å². The Labute approximate surface area is 81.4 Å². The van der Waals surface area contributed by atoms with Crippen LogP contribution in [0.25, 0.3) is 10.4 Å². The van der Waals surface area contributed by atoms with Gasteiger partial charge in [0.25, 0.3) is 0 Å². The average molecular weight is 190 g/mol. The number of hydrogen-bond donors (Lipinski definition) is 0. The molecule has 1 heterocycles. The van der Waals surface area contributed by atoms with Gasteiger partial charge in [-0.25, -0.2) is 0 Å². The molecule has 0 fully saturated rings. The SMILES string of the molecule is CCC(N=[N+]=[N-])C(=O)c1cccnc1. The highest BCUT2D eigenvalue weighted by Gasteiger charge is 2.16. The van der Waals surface area contributed by atoms with Crippen molar-refractivity contribution in [2.24, 2.45) is 5.11 Å². The van der Waals surface area contributed by atoms with E-state index in [1.54, 1.807) is 25.3 Å². The van der Waals surface area contributed by atoms with E-state index in [4.69, 9.17) is 5.53 Å². The summed E-state index contributed by atoms with van der Waals surface area (Å²) in [5, 5.41) is 3.42. The van der Waals surface area contributed by atoms with Gasteiger partial charge in [0, 0.05) is 22.9 Å². The maximum absolute atomic E-state index is 11.7. The lowest BCUT2D eigenvalue weighted by molar-refractivity contribution is 0.0959. The molecule has 0 bridgehead atoms. The molecule has 0 aliphatic carbocycles. The Morgan fingerprint density at radius 1 is 1.79 bits per heavy atom. The van der Waals surface area contributed by atoms with Crippen LogP contribution >= 0.6 is 0 Å². The first-order valence-corrected chi connectivity index (χ1v) is 4.28. The van der Waals surface area contributed by atoms with Crippen molar-refractivity contribution in [3.8, 4) is 0 Å². The molecule has 0 saturated heterocycles. The third-order valence-electron chi connectivity index (χ3n) is 1.83. The summed E-state index contributed by atoms with van der Waals surface area (Å²) in [6.45, 7) is 1.80. The summed E-state index contributed by atoms with van der Waals surface area (Å²) >= 11 is 0. The monoisotopic (exact) mass is 190 g/mol. The largest absolute Gasteiger partial charge is 0.294 e. The van der Waals surface area contributed by atoms with Crippen molar-refractivity contribution >= 4 is 5.78 Å². The van der Waals surface area contributed by atoms with Crippen LogP contribution in [0.1, 0.15) is 23.7 Å². The van der Waals surface area contributed by atoms with Crippen molar-refractivity contribution in [3.63, 3.8) is 0 Å². The highest BCUT2D eigenvalue weighted by atomic mass is 16.1. The van der Waals surface area contributed by atoms with Gasteiger partial charge in [0.05, 0.1) is 0 Å². The second-order valence-electron chi connectivity index (χ2n) is 2.73. The molecule has 0 aromatic carbocycles. The maximum Gasteiger partial charge on any atom is 0.173 e. The molecule has 14 heavy (non-hydrogen) atoms. The Morgan fingerprint density at radius 2 is 2.57 bits per heavy atom. The van der Waals surface area contributed by atoms with Crippen molar-refractivity contribution in [1.82, 2.24) is 4.98 Å². The second-order valence-corrected chi connectivity index (χ2v) is 2.73. The molecule has 5 nitrogen and oxygen atoms in total. The molecule has 72 valence electrons. The number of hydrogen-bond acceptors (Lipinski definition) is 3. The number of nitrogens with zero attached hydrogens (tertiary/aromatic N) is 4. The van der Waals surface area contributed by atoms with E-state index in [2.05, 4.69) is 15.0 Å². The van der Waals surface area contributed by atoms with Gasteiger partial charge in [-0.15, -0.1) is 0 Å². The fourth-order valence-corrected chi connectivity index (χ4v) is 1.08. The first-order chi connectivity index (χ1) is 6.79. The van der Waals surface area contributed by atoms with E-state index >= 15 is 0 Å². The smallest absolute Gasteiger partial charge is 0.173 e. The molecule has 1 unspecified atom stereocenters. The Hall–Kier alpha value is -1.87. The summed E-state index contributed by atoms with van der Waals surface area (Å²) < 4.78 is 0. The van der Waals surface area contributed by atoms with Crippen LogP contribution in [-0.2, 0) is 0 Å². The lowest BCUT2D eigenvalue weighted by Gasteiger charge is -2.05. The normalized spacial score (nSPS) is 11.5. The number of carbonyl (C=O) groups is 1. The predicted octanol–water partition coefficient (Wildman–Crippen LogP) is 2.35. The predicted molar refractivity (Wildman–Crippen MR) is 51.8 cm³/mol. The minimum atomic E-state index is -0.621. The lowest BCUT2D eigenvalue weighted by Crippen LogP contribution is -2.17. The van der Waals surface area contributed by atoms with Gasteiger partial charge in [0.1, 0.15) is 6.04 Å². The summed E-state index contributed by atoms with van der Waals surface area (Å²) in [6.07, 6.45) is 3.56. The summed E-state index contributed by atoms with van der Waals surface area (Å²) in [5.41, 5.74) is 8.73. The minimum Gasteiger partial charge on any atom is -0.294 e. The number of ketones is 1. The van der Waals surface area contributed by atoms with E-state index in [1.807, 2.05) is 0 Å². The zero-order valence-corrected chi connectivity index (χ0v) is 7.79. The van der Waals surface area contributed by atoms with Crippen LogP contribution < -0.4 is 0 Å². The minimum absolute atomic E-state index is 0.182. The summed E-state index contributed by atoms with van der Waals surface area (Å²) in [4.78, 5) is 18.1. The number of aromatic nitrogens is 1. The van der Waals surface area contributed by atoms with Gasteiger partial charge in [0.15, 0.2) is 5.78 Å². The number of carbonyl (C=O) groups excluding carboxylic acids is 1. The van der Waals surface area contributed by atoms with E-state index in [1.165, 1.54) is 6.20 Å². The van der Waals surface area contributed by atoms with Crippen LogP contribution in [0.2, 0.25) is 0 Å². The molecular formula is C9H10N4O. The van der Waals surface area contributed by atoms with Gasteiger partial charge < -0.3 is 0 Å². The van der Waals surface area contributed by atoms with Gasteiger partial charge in [-0.1, -0.05) is 12.0 Å². The van der Waals surface area contributed by atoms with Crippen LogP contribution in [0, 0.1) is 0 Å². The number of rotatable bonds is 4. The molecule has 0 spiro atoms. The number of azide groups is 1. The molecule has 0 radical (unpaired) electrons. The van der Waals surface area contributed by atoms with Crippen molar-refractivity contribution < 1.29 is 4.79 Å². The molecule has 1 atom stereocenters. The van der Waals surface area contributed by atoms with Crippen molar-refractivity contribution in [2.75, 3.05) is 0 Å². The van der Waals surface area contributed by atoms with E-state index in [9.17, 15) is 4.79 Å². The summed E-state index contributed by atoms with van der Waals surface area (Å²) in [7, 11) is 0. The van der Waals surface area contributed by atoms with Crippen molar-refractivity contribution in [2.45, 2.75) is 19.4 Å². The van der Waals surface area contributed by atoms with E-state index in [0.29, 0.717) is 12.0 Å². The van der Waals surface area contributed by atoms with Gasteiger partial charge in [-0.2, -0.15) is 0 Å². The molecule has 0 N–H and O–H groups in total. The molecule has 1 aromatic rings. The topological polar surface area (TPSA) is 78.7 Å². The fraction of sp³-hybridized carbons (Fsp3) is 0.333. The Bertz CT molecular complexity index is 356. The molecular weight excluding hydrogens is 180 g/mol. The molecule has 0 aliphatic heterocycles. The van der Waals surface area contributed by atoms with Crippen LogP contribution in [0.4, 0.5) is 0 Å². The molecule has 0 aliphatic rings. The molecule has 5 heteroatoms. The highest BCUT2D eigenvalue weighted by molar-refractivity contribution is 5.99. The zero-order valence-electron chi connectivity index (χ0n) is 7.79. The van der Waals surface area contributed by atoms with Crippen LogP contribution in [0.15, 0.2) is 29.6 Å². The van der Waals surface area contributed by atoms with Gasteiger partial charge >= 0.3 is 0 Å². The summed E-state index contributed by atoms with van der Waals surface area (Å²) in [5.74, 6) is -0.182. The first kappa shape index (κ1) is 10.2. The van der Waals surface area contributed by atoms with Gasteiger partial charge in [0.2, 0.25) is 0 Å². The first-order valence-electron chi connectivity index (χ1n) is 4.28. The Morgan fingerprint density at radius 3 is 3.07 bits per heavy atom. The van der Waals surface area contributed by atoms with E-state index in [-0.39, 0.29) is 5.78 Å². The standard InChI is InChI=1S/C9H10N4O/c1-2-8(12-13-10)9(14)7-4-3-5-11-6-7/h3-6,8H,2H2,1H3. The third-order valence-corrected chi connectivity index (χ3v) is 1.83. The Balaban J connectivity index is 2.89. The van der Waals surface area contributed by atoms with Crippen molar-refractivity contribution in [3.05, 3.63) is 40.5 Å². The third kappa shape index (κ3) is 2.31. The molecule has 0 amide bonds. The Kier molecular flexibility index (Phi) is 3.64. The summed E-state index contributed by atoms with van der Waals surface area (Å²) in [6, 6.07) is 2.71. The van der Waals surface area contributed by atoms with Crippen LogP contribution in [0.5, 0.6) is 0 Å². The van der Waals surface area contributed by atoms with E-state index < -0.39 is 6.04 Å². The number of pyridine rings is 1. The maximum atomic E-state index is 11.7. The van der Waals surface area contributed by atoms with Crippen LogP contribution in [0.3, 0.4) is 0 Å². The average Bonchev–Trinajstić information content (AvgIpc) is 2.26. The molecule has 1 rings (SSSR count). The molecule has 0 saturated carbocycles.